The number of anilines is 2. The molecule has 1 amide bonds. The molecule has 1 aromatic heterocycles. The fourth-order valence-corrected chi connectivity index (χ4v) is 6.02. The molecule has 0 unspecified atom stereocenters. The number of hydrogen-bond donors (Lipinski definition) is 0. The maximum atomic E-state index is 14.1. The molecule has 37 heavy (non-hydrogen) atoms. The molecule has 2 fully saturated rings. The third kappa shape index (κ3) is 5.23. The lowest BCUT2D eigenvalue weighted by Gasteiger charge is -2.50. The summed E-state index contributed by atoms with van der Waals surface area (Å²) in [5.41, 5.74) is 4.20. The molecule has 194 valence electrons. The van der Waals surface area contributed by atoms with Crippen LogP contribution in [0.2, 0.25) is 0 Å². The van der Waals surface area contributed by atoms with Crippen LogP contribution in [0.1, 0.15) is 54.4 Å². The number of nitrogens with zero attached hydrogens (tertiary/aromatic N) is 5. The smallest absolute Gasteiger partial charge is 0.257 e. The van der Waals surface area contributed by atoms with E-state index in [0.717, 1.165) is 74.6 Å². The quantitative estimate of drug-likeness (QED) is 0.460. The third-order valence-corrected chi connectivity index (χ3v) is 8.28. The lowest BCUT2D eigenvalue weighted by Crippen LogP contribution is -2.58. The van der Waals surface area contributed by atoms with Crippen LogP contribution in [0.25, 0.3) is 0 Å². The van der Waals surface area contributed by atoms with E-state index in [4.69, 9.17) is 0 Å². The predicted octanol–water partition coefficient (Wildman–Crippen LogP) is 5.53. The van der Waals surface area contributed by atoms with Gasteiger partial charge in [-0.15, -0.1) is 0 Å². The number of aromatic nitrogens is 2. The van der Waals surface area contributed by atoms with E-state index in [1.54, 1.807) is 12.1 Å². The summed E-state index contributed by atoms with van der Waals surface area (Å²) < 4.78 is 14.1. The van der Waals surface area contributed by atoms with Gasteiger partial charge in [-0.05, 0) is 76.8 Å². The van der Waals surface area contributed by atoms with Crippen molar-refractivity contribution in [1.29, 1.82) is 0 Å². The summed E-state index contributed by atoms with van der Waals surface area (Å²) in [7, 11) is 0. The van der Waals surface area contributed by atoms with Gasteiger partial charge in [-0.2, -0.15) is 0 Å². The highest BCUT2D eigenvalue weighted by Crippen LogP contribution is 2.36. The molecule has 5 rings (SSSR count). The van der Waals surface area contributed by atoms with Gasteiger partial charge in [0.25, 0.3) is 5.91 Å². The fraction of sp³-hybridized carbons (Fsp3) is 0.433. The number of amides is 1. The van der Waals surface area contributed by atoms with Gasteiger partial charge in [-0.1, -0.05) is 24.3 Å². The van der Waals surface area contributed by atoms with Crippen molar-refractivity contribution >= 4 is 17.3 Å². The zero-order chi connectivity index (χ0) is 26.0. The van der Waals surface area contributed by atoms with Gasteiger partial charge >= 0.3 is 0 Å². The summed E-state index contributed by atoms with van der Waals surface area (Å²) in [6.45, 7) is 9.55. The molecular formula is C30H36FN5O. The predicted molar refractivity (Wildman–Crippen MR) is 145 cm³/mol. The summed E-state index contributed by atoms with van der Waals surface area (Å²) in [4.78, 5) is 28.6. The SMILES string of the molecule is Cc1ncnc(C)c1C(=O)N1CCC(C)(N2CCC(N(c3ccccc3)c3cccc(F)c3)CC2)CC1. The van der Waals surface area contributed by atoms with Gasteiger partial charge in [0.1, 0.15) is 12.1 Å². The molecule has 0 saturated carbocycles. The van der Waals surface area contributed by atoms with E-state index in [9.17, 15) is 9.18 Å². The van der Waals surface area contributed by atoms with Crippen LogP contribution in [0.3, 0.4) is 0 Å². The minimum Gasteiger partial charge on any atom is -0.338 e. The normalized spacial score (nSPS) is 18.5. The highest BCUT2D eigenvalue weighted by molar-refractivity contribution is 5.96. The first-order valence-corrected chi connectivity index (χ1v) is 13.3. The van der Waals surface area contributed by atoms with E-state index in [1.165, 1.54) is 12.4 Å². The number of para-hydroxylation sites is 1. The van der Waals surface area contributed by atoms with Crippen molar-refractivity contribution in [2.75, 3.05) is 31.1 Å². The average molecular weight is 502 g/mol. The number of aryl methyl sites for hydroxylation is 2. The Bertz CT molecular complexity index is 1210. The molecule has 0 spiro atoms. The van der Waals surface area contributed by atoms with Crippen molar-refractivity contribution < 1.29 is 9.18 Å². The summed E-state index contributed by atoms with van der Waals surface area (Å²) in [6.07, 6.45) is 5.42. The van der Waals surface area contributed by atoms with E-state index >= 15 is 0 Å². The Hall–Kier alpha value is -3.32. The Kier molecular flexibility index (Phi) is 7.24. The van der Waals surface area contributed by atoms with Crippen LogP contribution >= 0.6 is 0 Å². The summed E-state index contributed by atoms with van der Waals surface area (Å²) in [6, 6.07) is 17.5. The molecule has 6 nitrogen and oxygen atoms in total. The molecule has 0 aliphatic carbocycles. The van der Waals surface area contributed by atoms with Crippen LogP contribution in [-0.2, 0) is 0 Å². The van der Waals surface area contributed by atoms with Crippen molar-refractivity contribution in [2.45, 2.75) is 58.0 Å². The van der Waals surface area contributed by atoms with Gasteiger partial charge in [-0.25, -0.2) is 14.4 Å². The molecule has 0 radical (unpaired) electrons. The van der Waals surface area contributed by atoms with E-state index in [2.05, 4.69) is 38.8 Å². The molecular weight excluding hydrogens is 465 g/mol. The molecule has 2 aliphatic heterocycles. The van der Waals surface area contributed by atoms with E-state index in [1.807, 2.05) is 43.0 Å². The molecule has 3 heterocycles. The van der Waals surface area contributed by atoms with Crippen molar-refractivity contribution in [1.82, 2.24) is 19.8 Å². The molecule has 0 bridgehead atoms. The molecule has 0 atom stereocenters. The van der Waals surface area contributed by atoms with Crippen LogP contribution in [-0.4, -0.2) is 63.4 Å². The van der Waals surface area contributed by atoms with Crippen molar-refractivity contribution in [3.8, 4) is 0 Å². The topological polar surface area (TPSA) is 52.6 Å². The van der Waals surface area contributed by atoms with Gasteiger partial charge in [0.15, 0.2) is 0 Å². The molecule has 7 heteroatoms. The third-order valence-electron chi connectivity index (χ3n) is 8.28. The number of carbonyl (C=O) groups is 1. The van der Waals surface area contributed by atoms with Gasteiger partial charge < -0.3 is 9.80 Å². The van der Waals surface area contributed by atoms with Gasteiger partial charge in [-0.3, -0.25) is 9.69 Å². The Labute approximate surface area is 219 Å². The first-order valence-electron chi connectivity index (χ1n) is 13.3. The highest BCUT2D eigenvalue weighted by atomic mass is 19.1. The standard InChI is InChI=1S/C30H36FN5O/c1-22-28(23(2)33-21-32-22)29(37)34-18-14-30(3,15-19-34)35-16-12-26(13-17-35)36(25-9-5-4-6-10-25)27-11-7-8-24(31)20-27/h4-11,20-21,26H,12-19H2,1-3H3. The van der Waals surface area contributed by atoms with Crippen LogP contribution in [0.4, 0.5) is 15.8 Å². The fourth-order valence-electron chi connectivity index (χ4n) is 6.02. The van der Waals surface area contributed by atoms with Crippen LogP contribution < -0.4 is 4.90 Å². The average Bonchev–Trinajstić information content (AvgIpc) is 2.90. The van der Waals surface area contributed by atoms with E-state index in [0.29, 0.717) is 11.6 Å². The maximum Gasteiger partial charge on any atom is 0.257 e. The summed E-state index contributed by atoms with van der Waals surface area (Å²) >= 11 is 0. The largest absolute Gasteiger partial charge is 0.338 e. The number of likely N-dealkylation sites (tertiary alicyclic amines) is 2. The van der Waals surface area contributed by atoms with Crippen LogP contribution in [0, 0.1) is 19.7 Å². The van der Waals surface area contributed by atoms with Gasteiger partial charge in [0.05, 0.1) is 17.0 Å². The molecule has 3 aromatic rings. The Morgan fingerprint density at radius 3 is 2.16 bits per heavy atom. The minimum absolute atomic E-state index is 0.0463. The van der Waals surface area contributed by atoms with Crippen molar-refractivity contribution in [3.63, 3.8) is 0 Å². The van der Waals surface area contributed by atoms with Gasteiger partial charge in [0, 0.05) is 49.1 Å². The minimum atomic E-state index is -0.211. The molecule has 2 aliphatic rings. The molecule has 0 N–H and O–H groups in total. The molecule has 2 aromatic carbocycles. The lowest BCUT2D eigenvalue weighted by atomic mass is 9.85. The van der Waals surface area contributed by atoms with Crippen molar-refractivity contribution in [3.05, 3.63) is 83.7 Å². The lowest BCUT2D eigenvalue weighted by molar-refractivity contribution is 0.0176. The summed E-state index contributed by atoms with van der Waals surface area (Å²) in [5.74, 6) is -0.165. The van der Waals surface area contributed by atoms with E-state index in [-0.39, 0.29) is 17.3 Å². The summed E-state index contributed by atoms with van der Waals surface area (Å²) in [5, 5.41) is 0. The van der Waals surface area contributed by atoms with Crippen LogP contribution in [0.5, 0.6) is 0 Å². The number of carbonyl (C=O) groups excluding carboxylic acids is 1. The number of hydrogen-bond acceptors (Lipinski definition) is 5. The van der Waals surface area contributed by atoms with Gasteiger partial charge in [0.2, 0.25) is 0 Å². The monoisotopic (exact) mass is 501 g/mol. The first-order chi connectivity index (χ1) is 17.9. The number of halogens is 1. The highest BCUT2D eigenvalue weighted by Gasteiger charge is 2.40. The van der Waals surface area contributed by atoms with E-state index < -0.39 is 0 Å². The molecule has 2 saturated heterocycles. The second-order valence-electron chi connectivity index (χ2n) is 10.6. The Morgan fingerprint density at radius 1 is 0.919 bits per heavy atom. The number of benzene rings is 2. The zero-order valence-corrected chi connectivity index (χ0v) is 22.0. The zero-order valence-electron chi connectivity index (χ0n) is 22.0. The van der Waals surface area contributed by atoms with Crippen molar-refractivity contribution in [2.24, 2.45) is 0 Å². The first kappa shape index (κ1) is 25.3. The van der Waals surface area contributed by atoms with Crippen LogP contribution in [0.15, 0.2) is 60.9 Å². The maximum absolute atomic E-state index is 14.1. The Balaban J connectivity index is 1.25. The number of rotatable bonds is 5. The second-order valence-corrected chi connectivity index (χ2v) is 10.6. The number of piperidine rings is 2. The Morgan fingerprint density at radius 2 is 1.54 bits per heavy atom. The second kappa shape index (κ2) is 10.6.